The van der Waals surface area contributed by atoms with Crippen LogP contribution in [0.15, 0.2) is 29.3 Å². The standard InChI is InChI=1S/C19H20N4S.C2H6/c1-10-6-8-15(9-7-10)17-16-11(2)13(4)24-19(16)23-14(5)21-22-18(23)12(3)20-17;1-2/h6-9,12H,1-5H3;1-2H3/t12-;/m0./s1. The minimum absolute atomic E-state index is 0.0261. The lowest BCUT2D eigenvalue weighted by Gasteiger charge is -2.09. The van der Waals surface area contributed by atoms with Gasteiger partial charge in [-0.15, -0.1) is 21.5 Å². The van der Waals surface area contributed by atoms with Crippen LogP contribution < -0.4 is 0 Å². The summed E-state index contributed by atoms with van der Waals surface area (Å²) in [4.78, 5) is 6.36. The molecule has 0 N–H and O–H groups in total. The van der Waals surface area contributed by atoms with Gasteiger partial charge >= 0.3 is 0 Å². The van der Waals surface area contributed by atoms with E-state index in [1.165, 1.54) is 26.6 Å². The first-order chi connectivity index (χ1) is 12.5. The maximum Gasteiger partial charge on any atom is 0.162 e. The largest absolute Gasteiger partial charge is 0.273 e. The van der Waals surface area contributed by atoms with E-state index in [1.54, 1.807) is 11.3 Å². The molecule has 0 radical (unpaired) electrons. The van der Waals surface area contributed by atoms with E-state index in [-0.39, 0.29) is 6.04 Å². The molecule has 26 heavy (non-hydrogen) atoms. The number of thiophene rings is 1. The van der Waals surface area contributed by atoms with Crippen molar-refractivity contribution >= 4 is 17.0 Å². The molecule has 5 heteroatoms. The second-order valence-electron chi connectivity index (χ2n) is 6.42. The number of rotatable bonds is 1. The molecule has 0 saturated heterocycles. The molecule has 0 amide bonds. The predicted octanol–water partition coefficient (Wildman–Crippen LogP) is 5.50. The van der Waals surface area contributed by atoms with Gasteiger partial charge in [-0.3, -0.25) is 9.56 Å². The molecule has 136 valence electrons. The number of hydrogen-bond donors (Lipinski definition) is 0. The van der Waals surface area contributed by atoms with Crippen LogP contribution in [0.5, 0.6) is 0 Å². The molecule has 1 aliphatic heterocycles. The number of aliphatic imine (C=N–C) groups is 1. The van der Waals surface area contributed by atoms with Gasteiger partial charge in [0, 0.05) is 16.0 Å². The van der Waals surface area contributed by atoms with Crippen LogP contribution in [0, 0.1) is 27.7 Å². The topological polar surface area (TPSA) is 43.1 Å². The van der Waals surface area contributed by atoms with Gasteiger partial charge < -0.3 is 0 Å². The molecule has 0 saturated carbocycles. The fourth-order valence-corrected chi connectivity index (χ4v) is 4.41. The van der Waals surface area contributed by atoms with Gasteiger partial charge in [-0.2, -0.15) is 0 Å². The van der Waals surface area contributed by atoms with Crippen LogP contribution in [0.4, 0.5) is 0 Å². The van der Waals surface area contributed by atoms with E-state index in [1.807, 2.05) is 20.8 Å². The Hall–Kier alpha value is -2.27. The fraction of sp³-hybridized carbons (Fsp3) is 0.381. The van der Waals surface area contributed by atoms with Crippen LogP contribution in [0.1, 0.15) is 65.6 Å². The normalized spacial score (nSPS) is 15.3. The second-order valence-corrected chi connectivity index (χ2v) is 7.63. The molecule has 0 unspecified atom stereocenters. The average molecular weight is 367 g/mol. The highest BCUT2D eigenvalue weighted by atomic mass is 32.1. The molecule has 2 aromatic heterocycles. The van der Waals surface area contributed by atoms with Gasteiger partial charge in [0.2, 0.25) is 0 Å². The first kappa shape index (κ1) is 18.5. The maximum absolute atomic E-state index is 5.05. The molecular weight excluding hydrogens is 340 g/mol. The molecule has 1 atom stereocenters. The Kier molecular flexibility index (Phi) is 5.10. The summed E-state index contributed by atoms with van der Waals surface area (Å²) in [5, 5.41) is 9.86. The van der Waals surface area contributed by atoms with Gasteiger partial charge in [0.1, 0.15) is 16.9 Å². The van der Waals surface area contributed by atoms with Crippen LogP contribution in [0.25, 0.3) is 5.00 Å². The van der Waals surface area contributed by atoms with Gasteiger partial charge in [-0.05, 0) is 40.2 Å². The highest BCUT2D eigenvalue weighted by molar-refractivity contribution is 7.15. The van der Waals surface area contributed by atoms with Gasteiger partial charge in [-0.25, -0.2) is 0 Å². The minimum Gasteiger partial charge on any atom is -0.273 e. The summed E-state index contributed by atoms with van der Waals surface area (Å²) in [5.74, 6) is 1.83. The summed E-state index contributed by atoms with van der Waals surface area (Å²) in [6, 6.07) is 8.59. The molecule has 4 nitrogen and oxygen atoms in total. The third-order valence-electron chi connectivity index (χ3n) is 4.68. The smallest absolute Gasteiger partial charge is 0.162 e. The summed E-state index contributed by atoms with van der Waals surface area (Å²) in [7, 11) is 0. The van der Waals surface area contributed by atoms with E-state index in [0.29, 0.717) is 0 Å². The zero-order chi connectivity index (χ0) is 19.0. The van der Waals surface area contributed by atoms with Crippen molar-refractivity contribution in [2.24, 2.45) is 4.99 Å². The van der Waals surface area contributed by atoms with Crippen molar-refractivity contribution < 1.29 is 0 Å². The molecule has 1 aliphatic rings. The van der Waals surface area contributed by atoms with E-state index >= 15 is 0 Å². The van der Waals surface area contributed by atoms with E-state index in [0.717, 1.165) is 22.9 Å². The summed E-state index contributed by atoms with van der Waals surface area (Å²) >= 11 is 1.80. The zero-order valence-corrected chi connectivity index (χ0v) is 17.4. The van der Waals surface area contributed by atoms with Gasteiger partial charge in [-0.1, -0.05) is 43.7 Å². The third-order valence-corrected chi connectivity index (χ3v) is 5.87. The molecule has 0 spiro atoms. The monoisotopic (exact) mass is 366 g/mol. The average Bonchev–Trinajstić information content (AvgIpc) is 3.12. The lowest BCUT2D eigenvalue weighted by molar-refractivity contribution is 0.724. The SMILES string of the molecule is CC.Cc1ccc(C2=N[C@@H](C)c3nnc(C)n3-c3sc(C)c(C)c32)cc1. The van der Waals surface area contributed by atoms with Crippen LogP contribution in [-0.4, -0.2) is 20.5 Å². The van der Waals surface area contributed by atoms with E-state index in [4.69, 9.17) is 4.99 Å². The van der Waals surface area contributed by atoms with Gasteiger partial charge in [0.25, 0.3) is 0 Å². The summed E-state index contributed by atoms with van der Waals surface area (Å²) in [6.07, 6.45) is 0. The quantitative estimate of drug-likeness (QED) is 0.570. The van der Waals surface area contributed by atoms with Crippen molar-refractivity contribution in [3.63, 3.8) is 0 Å². The molecule has 1 aromatic carbocycles. The molecule has 4 rings (SSSR count). The predicted molar refractivity (Wildman–Crippen MR) is 110 cm³/mol. The first-order valence-corrected chi connectivity index (χ1v) is 9.96. The highest BCUT2D eigenvalue weighted by Gasteiger charge is 2.29. The third kappa shape index (κ3) is 2.90. The van der Waals surface area contributed by atoms with Crippen molar-refractivity contribution in [2.45, 2.75) is 54.5 Å². The van der Waals surface area contributed by atoms with E-state index < -0.39 is 0 Å². The number of aromatic nitrogens is 3. The molecule has 3 aromatic rings. The molecule has 3 heterocycles. The van der Waals surface area contributed by atoms with Crippen molar-refractivity contribution in [3.8, 4) is 5.00 Å². The van der Waals surface area contributed by atoms with E-state index in [2.05, 4.69) is 66.7 Å². The Labute approximate surface area is 159 Å². The number of benzene rings is 1. The molecular formula is C21H26N4S. The Morgan fingerprint density at radius 2 is 1.62 bits per heavy atom. The van der Waals surface area contributed by atoms with Crippen LogP contribution in [-0.2, 0) is 0 Å². The molecule has 0 bridgehead atoms. The Balaban J connectivity index is 0.000000948. The Morgan fingerprint density at radius 1 is 0.962 bits per heavy atom. The van der Waals surface area contributed by atoms with Crippen molar-refractivity contribution in [1.82, 2.24) is 14.8 Å². The number of fused-ring (bicyclic) bond motifs is 3. The first-order valence-electron chi connectivity index (χ1n) is 9.15. The summed E-state index contributed by atoms with van der Waals surface area (Å²) < 4.78 is 2.18. The zero-order valence-electron chi connectivity index (χ0n) is 16.6. The number of hydrogen-bond acceptors (Lipinski definition) is 4. The highest BCUT2D eigenvalue weighted by Crippen LogP contribution is 2.38. The van der Waals surface area contributed by atoms with Crippen LogP contribution in [0.2, 0.25) is 0 Å². The molecule has 0 fully saturated rings. The Bertz CT molecular complexity index is 961. The van der Waals surface area contributed by atoms with Crippen LogP contribution >= 0.6 is 11.3 Å². The van der Waals surface area contributed by atoms with Gasteiger partial charge in [0.05, 0.1) is 5.71 Å². The van der Waals surface area contributed by atoms with Crippen LogP contribution in [0.3, 0.4) is 0 Å². The lowest BCUT2D eigenvalue weighted by atomic mass is 9.99. The summed E-state index contributed by atoms with van der Waals surface area (Å²) in [5.41, 5.74) is 5.99. The van der Waals surface area contributed by atoms with Crippen molar-refractivity contribution in [2.75, 3.05) is 0 Å². The van der Waals surface area contributed by atoms with Crippen molar-refractivity contribution in [3.05, 3.63) is 63.0 Å². The van der Waals surface area contributed by atoms with Crippen molar-refractivity contribution in [1.29, 1.82) is 0 Å². The molecule has 0 aliphatic carbocycles. The van der Waals surface area contributed by atoms with E-state index in [9.17, 15) is 0 Å². The number of nitrogens with zero attached hydrogens (tertiary/aromatic N) is 4. The lowest BCUT2D eigenvalue weighted by Crippen LogP contribution is -2.07. The summed E-state index contributed by atoms with van der Waals surface area (Å²) in [6.45, 7) is 14.6. The Morgan fingerprint density at radius 3 is 2.27 bits per heavy atom. The minimum atomic E-state index is -0.0261. The second kappa shape index (κ2) is 7.16. The number of aryl methyl sites for hydroxylation is 3. The fourth-order valence-electron chi connectivity index (χ4n) is 3.19. The van der Waals surface area contributed by atoms with Gasteiger partial charge in [0.15, 0.2) is 5.82 Å². The maximum atomic E-state index is 5.05.